The molecule has 0 radical (unpaired) electrons. The Balaban J connectivity index is 1.31. The summed E-state index contributed by atoms with van der Waals surface area (Å²) in [6.45, 7) is 3.91. The summed E-state index contributed by atoms with van der Waals surface area (Å²) in [7, 11) is 2.08. The smallest absolute Gasteiger partial charge is 0.306 e. The van der Waals surface area contributed by atoms with E-state index in [2.05, 4.69) is 34.0 Å². The van der Waals surface area contributed by atoms with Gasteiger partial charge in [-0.1, -0.05) is 0 Å². The minimum atomic E-state index is -0.308. The molecule has 1 atom stereocenters. The minimum absolute atomic E-state index is 0.0996. The Bertz CT molecular complexity index is 971. The third-order valence-electron chi connectivity index (χ3n) is 6.35. The number of halogens is 1. The number of urea groups is 1. The maximum atomic E-state index is 15.2. The number of carbonyl (C=O) groups excluding carboxylic acids is 1. The second-order valence-corrected chi connectivity index (χ2v) is 10.9. The summed E-state index contributed by atoms with van der Waals surface area (Å²) < 4.78 is 21.5. The molecule has 2 fully saturated rings. The standard InChI is InChI=1S/C21H29FN6OS2/c1-13-19(16-6-3-7-18(16)30-13)24-21(29)25-31-28(15-5-4-10-26(2)12-15)17-11-23-27(20(17)22)14-8-9-14/h11,14-15H,3-10,12H2,1-2H3,(H2,24,25,29). The lowest BCUT2D eigenvalue weighted by atomic mass is 10.1. The maximum absolute atomic E-state index is 15.2. The zero-order valence-electron chi connectivity index (χ0n) is 18.0. The van der Waals surface area contributed by atoms with Crippen LogP contribution in [0.3, 0.4) is 0 Å². The van der Waals surface area contributed by atoms with E-state index in [1.165, 1.54) is 27.3 Å². The molecule has 0 aromatic carbocycles. The van der Waals surface area contributed by atoms with Crippen LogP contribution in [0.2, 0.25) is 0 Å². The number of hydrogen-bond donors (Lipinski definition) is 2. The highest BCUT2D eigenvalue weighted by Crippen LogP contribution is 2.40. The number of fused-ring (bicyclic) bond motifs is 1. The monoisotopic (exact) mass is 464 g/mol. The van der Waals surface area contributed by atoms with Gasteiger partial charge in [-0.2, -0.15) is 9.49 Å². The largest absolute Gasteiger partial charge is 0.330 e. The predicted octanol–water partition coefficient (Wildman–Crippen LogP) is 4.50. The van der Waals surface area contributed by atoms with Crippen molar-refractivity contribution in [1.82, 2.24) is 19.4 Å². The van der Waals surface area contributed by atoms with Crippen LogP contribution in [0.25, 0.3) is 0 Å². The molecule has 7 nitrogen and oxygen atoms in total. The van der Waals surface area contributed by atoms with Gasteiger partial charge in [-0.3, -0.25) is 9.03 Å². The second kappa shape index (κ2) is 8.63. The van der Waals surface area contributed by atoms with Gasteiger partial charge in [0.15, 0.2) is 0 Å². The van der Waals surface area contributed by atoms with Crippen molar-refractivity contribution < 1.29 is 9.18 Å². The van der Waals surface area contributed by atoms with Crippen molar-refractivity contribution in [2.45, 2.75) is 64.0 Å². The van der Waals surface area contributed by atoms with Crippen molar-refractivity contribution in [3.05, 3.63) is 27.5 Å². The molecule has 5 rings (SSSR count). The van der Waals surface area contributed by atoms with Crippen LogP contribution in [0.5, 0.6) is 0 Å². The highest BCUT2D eigenvalue weighted by molar-refractivity contribution is 7.99. The summed E-state index contributed by atoms with van der Waals surface area (Å²) in [5, 5.41) is 7.34. The number of amides is 2. The first kappa shape index (κ1) is 21.1. The van der Waals surface area contributed by atoms with Gasteiger partial charge < -0.3 is 10.2 Å². The Hall–Kier alpha value is -1.78. The van der Waals surface area contributed by atoms with Crippen molar-refractivity contribution >= 4 is 40.9 Å². The van der Waals surface area contributed by atoms with Gasteiger partial charge in [0.25, 0.3) is 0 Å². The van der Waals surface area contributed by atoms with Crippen molar-refractivity contribution in [1.29, 1.82) is 0 Å². The number of thiophene rings is 1. The first-order chi connectivity index (χ1) is 15.0. The van der Waals surface area contributed by atoms with Crippen LogP contribution in [0, 0.1) is 12.9 Å². The SMILES string of the molecule is Cc1sc2c(c1NC(=O)NSN(c1cnn(C3CC3)c1F)C1CCCN(C)C1)CCC2. The van der Waals surface area contributed by atoms with Gasteiger partial charge in [0.1, 0.15) is 5.69 Å². The van der Waals surface area contributed by atoms with Crippen molar-refractivity contribution in [2.24, 2.45) is 0 Å². The molecule has 2 aromatic heterocycles. The number of nitrogens with zero attached hydrogens (tertiary/aromatic N) is 4. The number of carbonyl (C=O) groups is 1. The van der Waals surface area contributed by atoms with Crippen molar-refractivity contribution in [3.63, 3.8) is 0 Å². The molecule has 3 heterocycles. The Morgan fingerprint density at radius 3 is 2.94 bits per heavy atom. The molecular weight excluding hydrogens is 435 g/mol. The summed E-state index contributed by atoms with van der Waals surface area (Å²) in [5.74, 6) is -0.308. The van der Waals surface area contributed by atoms with Crippen LogP contribution in [-0.2, 0) is 12.8 Å². The average molecular weight is 465 g/mol. The highest BCUT2D eigenvalue weighted by Gasteiger charge is 2.33. The molecule has 0 spiro atoms. The fraction of sp³-hybridized carbons (Fsp3) is 0.619. The number of anilines is 2. The average Bonchev–Trinajstić information content (AvgIpc) is 3.26. The Morgan fingerprint density at radius 2 is 2.16 bits per heavy atom. The van der Waals surface area contributed by atoms with E-state index in [1.54, 1.807) is 17.5 Å². The van der Waals surface area contributed by atoms with E-state index < -0.39 is 0 Å². The number of likely N-dealkylation sites (N-methyl/N-ethyl adjacent to an activating group) is 1. The summed E-state index contributed by atoms with van der Waals surface area (Å²) in [6.07, 6.45) is 8.82. The molecule has 2 N–H and O–H groups in total. The summed E-state index contributed by atoms with van der Waals surface area (Å²) in [4.78, 5) is 17.6. The lowest BCUT2D eigenvalue weighted by Gasteiger charge is -2.37. The summed E-state index contributed by atoms with van der Waals surface area (Å²) in [5.41, 5.74) is 2.68. The number of aromatic nitrogens is 2. The predicted molar refractivity (Wildman–Crippen MR) is 124 cm³/mol. The summed E-state index contributed by atoms with van der Waals surface area (Å²) >= 11 is 2.94. The molecule has 10 heteroatoms. The van der Waals surface area contributed by atoms with Crippen LogP contribution >= 0.6 is 23.5 Å². The normalized spacial score (nSPS) is 21.2. The zero-order valence-corrected chi connectivity index (χ0v) is 19.6. The Kier molecular flexibility index (Phi) is 5.87. The molecule has 1 unspecified atom stereocenters. The second-order valence-electron chi connectivity index (χ2n) is 8.82. The van der Waals surface area contributed by atoms with Gasteiger partial charge in [-0.05, 0) is 71.0 Å². The number of nitrogens with one attached hydrogen (secondary N) is 2. The topological polar surface area (TPSA) is 65.4 Å². The number of aryl methyl sites for hydroxylation is 2. The van der Waals surface area contributed by atoms with E-state index in [0.29, 0.717) is 5.69 Å². The number of piperidine rings is 1. The molecule has 168 valence electrons. The lowest BCUT2D eigenvalue weighted by molar-refractivity contribution is 0.253. The van der Waals surface area contributed by atoms with Crippen LogP contribution in [0.4, 0.5) is 20.6 Å². The molecule has 2 amide bonds. The molecule has 1 aliphatic heterocycles. The lowest BCUT2D eigenvalue weighted by Crippen LogP contribution is -2.45. The number of likely N-dealkylation sites (tertiary alicyclic amines) is 1. The molecular formula is C21H29FN6OS2. The van der Waals surface area contributed by atoms with E-state index in [9.17, 15) is 4.79 Å². The molecule has 2 aliphatic carbocycles. The van der Waals surface area contributed by atoms with E-state index >= 15 is 4.39 Å². The van der Waals surface area contributed by atoms with Gasteiger partial charge >= 0.3 is 6.03 Å². The van der Waals surface area contributed by atoms with E-state index in [-0.39, 0.29) is 24.1 Å². The highest BCUT2D eigenvalue weighted by atomic mass is 32.2. The Labute approximate surface area is 190 Å². The Morgan fingerprint density at radius 1 is 1.32 bits per heavy atom. The molecule has 1 saturated carbocycles. The first-order valence-corrected chi connectivity index (χ1v) is 12.7. The van der Waals surface area contributed by atoms with Gasteiger partial charge in [-0.15, -0.1) is 11.3 Å². The van der Waals surface area contributed by atoms with Gasteiger partial charge in [0.2, 0.25) is 5.95 Å². The fourth-order valence-corrected chi connectivity index (χ4v) is 6.64. The first-order valence-electron chi connectivity index (χ1n) is 11.1. The van der Waals surface area contributed by atoms with Crippen LogP contribution in [0.15, 0.2) is 6.20 Å². The van der Waals surface area contributed by atoms with Crippen molar-refractivity contribution in [2.75, 3.05) is 29.8 Å². The molecule has 2 aromatic rings. The van der Waals surface area contributed by atoms with Gasteiger partial charge in [0.05, 0.1) is 36.1 Å². The van der Waals surface area contributed by atoms with E-state index in [0.717, 1.165) is 68.6 Å². The quantitative estimate of drug-likeness (QED) is 0.616. The zero-order chi connectivity index (χ0) is 21.5. The van der Waals surface area contributed by atoms with Crippen LogP contribution < -0.4 is 14.3 Å². The van der Waals surface area contributed by atoms with Crippen LogP contribution in [0.1, 0.15) is 53.5 Å². The maximum Gasteiger partial charge on any atom is 0.330 e. The van der Waals surface area contributed by atoms with E-state index in [1.807, 2.05) is 4.31 Å². The number of rotatable bonds is 6. The van der Waals surface area contributed by atoms with Gasteiger partial charge in [-0.25, -0.2) is 9.48 Å². The van der Waals surface area contributed by atoms with Crippen LogP contribution in [-0.4, -0.2) is 46.9 Å². The molecule has 31 heavy (non-hydrogen) atoms. The summed E-state index contributed by atoms with van der Waals surface area (Å²) in [6, 6.07) is 0.00170. The van der Waals surface area contributed by atoms with Gasteiger partial charge in [0, 0.05) is 16.3 Å². The third kappa shape index (κ3) is 4.29. The molecule has 1 saturated heterocycles. The van der Waals surface area contributed by atoms with Crippen molar-refractivity contribution in [3.8, 4) is 0 Å². The molecule has 3 aliphatic rings. The third-order valence-corrected chi connectivity index (χ3v) is 8.53. The molecule has 0 bridgehead atoms. The van der Waals surface area contributed by atoms with E-state index in [4.69, 9.17) is 0 Å². The number of hydrogen-bond acceptors (Lipinski definition) is 6. The minimum Gasteiger partial charge on any atom is -0.306 e. The fourth-order valence-electron chi connectivity index (χ4n) is 4.65.